The van der Waals surface area contributed by atoms with Gasteiger partial charge in [-0.2, -0.15) is 0 Å². The first kappa shape index (κ1) is 15.2. The summed E-state index contributed by atoms with van der Waals surface area (Å²) in [7, 11) is -1.72. The average molecular weight is 306 g/mol. The third kappa shape index (κ3) is 2.70. The molecule has 0 spiro atoms. The van der Waals surface area contributed by atoms with Crippen LogP contribution in [0.4, 0.5) is 0 Å². The Morgan fingerprint density at radius 1 is 1.00 bits per heavy atom. The molecule has 2 aliphatic heterocycles. The molecule has 0 bridgehead atoms. The standard InChI is InChI=1S/C17H26O3Si/c1-17(2,3)21(4,5)20-8-13-6-12-7-18-9-14(12)16-11-19-10-15(13)16/h6H,7-11H2,1-5H3. The van der Waals surface area contributed by atoms with E-state index >= 15 is 0 Å². The zero-order valence-corrected chi connectivity index (χ0v) is 14.8. The third-order valence-electron chi connectivity index (χ3n) is 5.24. The molecular formula is C17H26O3Si. The lowest BCUT2D eigenvalue weighted by Crippen LogP contribution is -2.40. The smallest absolute Gasteiger partial charge is 0.192 e. The Labute approximate surface area is 128 Å². The van der Waals surface area contributed by atoms with Gasteiger partial charge >= 0.3 is 0 Å². The van der Waals surface area contributed by atoms with Crippen molar-refractivity contribution in [3.05, 3.63) is 33.9 Å². The molecule has 2 heterocycles. The zero-order valence-electron chi connectivity index (χ0n) is 13.8. The van der Waals surface area contributed by atoms with Gasteiger partial charge in [0.1, 0.15) is 0 Å². The van der Waals surface area contributed by atoms with Crippen LogP contribution < -0.4 is 0 Å². The Hall–Kier alpha value is -0.683. The van der Waals surface area contributed by atoms with Crippen LogP contribution in [0.15, 0.2) is 6.07 Å². The van der Waals surface area contributed by atoms with Crippen LogP contribution in [0, 0.1) is 0 Å². The van der Waals surface area contributed by atoms with Gasteiger partial charge in [0.25, 0.3) is 0 Å². The Kier molecular flexibility index (Phi) is 3.77. The molecule has 0 atom stereocenters. The fourth-order valence-electron chi connectivity index (χ4n) is 2.74. The molecule has 0 N–H and O–H groups in total. The number of benzene rings is 1. The van der Waals surface area contributed by atoms with Crippen LogP contribution in [0.3, 0.4) is 0 Å². The van der Waals surface area contributed by atoms with Crippen molar-refractivity contribution in [3.63, 3.8) is 0 Å². The molecule has 0 radical (unpaired) electrons. The predicted octanol–water partition coefficient (Wildman–Crippen LogP) is 4.27. The molecule has 3 nitrogen and oxygen atoms in total. The minimum atomic E-state index is -1.72. The van der Waals surface area contributed by atoms with Gasteiger partial charge in [-0.3, -0.25) is 0 Å². The summed E-state index contributed by atoms with van der Waals surface area (Å²) in [6, 6.07) is 2.28. The second-order valence-electron chi connectivity index (χ2n) is 7.67. The molecule has 0 saturated heterocycles. The second-order valence-corrected chi connectivity index (χ2v) is 12.5. The quantitative estimate of drug-likeness (QED) is 0.781. The fourth-order valence-corrected chi connectivity index (χ4v) is 3.69. The largest absolute Gasteiger partial charge is 0.413 e. The Morgan fingerprint density at radius 2 is 1.62 bits per heavy atom. The van der Waals surface area contributed by atoms with Crippen molar-refractivity contribution in [2.75, 3.05) is 0 Å². The van der Waals surface area contributed by atoms with Crippen LogP contribution in [0.25, 0.3) is 0 Å². The molecule has 0 fully saturated rings. The number of hydrogen-bond donors (Lipinski definition) is 0. The van der Waals surface area contributed by atoms with Crippen molar-refractivity contribution >= 4 is 8.32 Å². The number of ether oxygens (including phenoxy) is 2. The monoisotopic (exact) mass is 306 g/mol. The summed E-state index contributed by atoms with van der Waals surface area (Å²) >= 11 is 0. The van der Waals surface area contributed by atoms with Crippen LogP contribution >= 0.6 is 0 Å². The molecule has 1 aromatic carbocycles. The SMILES string of the molecule is CC(C)(C)[Si](C)(C)OCc1cc2c(c3c1COC3)COC2. The van der Waals surface area contributed by atoms with E-state index in [1.807, 2.05) is 0 Å². The molecule has 2 aliphatic rings. The molecule has 21 heavy (non-hydrogen) atoms. The summed E-state index contributed by atoms with van der Waals surface area (Å²) in [6.07, 6.45) is 0. The van der Waals surface area contributed by atoms with Gasteiger partial charge in [-0.05, 0) is 45.9 Å². The summed E-state index contributed by atoms with van der Waals surface area (Å²) < 4.78 is 17.7. The van der Waals surface area contributed by atoms with Gasteiger partial charge in [0, 0.05) is 0 Å². The van der Waals surface area contributed by atoms with Crippen LogP contribution in [0.1, 0.15) is 48.6 Å². The van der Waals surface area contributed by atoms with Gasteiger partial charge in [-0.1, -0.05) is 26.8 Å². The summed E-state index contributed by atoms with van der Waals surface area (Å²) in [5, 5.41) is 0.243. The minimum absolute atomic E-state index is 0.243. The van der Waals surface area contributed by atoms with Crippen molar-refractivity contribution in [3.8, 4) is 0 Å². The van der Waals surface area contributed by atoms with E-state index in [1.165, 1.54) is 27.8 Å². The number of hydrogen-bond acceptors (Lipinski definition) is 3. The van der Waals surface area contributed by atoms with Crippen LogP contribution in [-0.2, 0) is 46.9 Å². The van der Waals surface area contributed by atoms with Gasteiger partial charge in [0.05, 0.1) is 33.0 Å². The summed E-state index contributed by atoms with van der Waals surface area (Å²) in [5.41, 5.74) is 6.69. The van der Waals surface area contributed by atoms with Crippen molar-refractivity contribution < 1.29 is 13.9 Å². The third-order valence-corrected chi connectivity index (χ3v) is 9.72. The molecule has 0 amide bonds. The normalized spacial score (nSPS) is 18.0. The van der Waals surface area contributed by atoms with Gasteiger partial charge in [-0.25, -0.2) is 0 Å². The highest BCUT2D eigenvalue weighted by atomic mass is 28.4. The Bertz CT molecular complexity index is 558. The van der Waals surface area contributed by atoms with Gasteiger partial charge in [-0.15, -0.1) is 0 Å². The van der Waals surface area contributed by atoms with E-state index < -0.39 is 8.32 Å². The number of fused-ring (bicyclic) bond motifs is 3. The van der Waals surface area contributed by atoms with E-state index in [1.54, 1.807) is 0 Å². The molecule has 1 aromatic rings. The molecule has 4 heteroatoms. The lowest BCUT2D eigenvalue weighted by Gasteiger charge is -2.36. The first-order chi connectivity index (χ1) is 9.79. The van der Waals surface area contributed by atoms with Crippen molar-refractivity contribution in [2.24, 2.45) is 0 Å². The lowest BCUT2D eigenvalue weighted by atomic mass is 9.95. The summed E-state index contributed by atoms with van der Waals surface area (Å²) in [5.74, 6) is 0. The Balaban J connectivity index is 1.86. The highest BCUT2D eigenvalue weighted by Crippen LogP contribution is 2.39. The predicted molar refractivity (Wildman–Crippen MR) is 85.4 cm³/mol. The lowest BCUT2D eigenvalue weighted by molar-refractivity contribution is 0.126. The van der Waals surface area contributed by atoms with E-state index in [0.29, 0.717) is 6.61 Å². The number of rotatable bonds is 3. The highest BCUT2D eigenvalue weighted by Gasteiger charge is 2.37. The molecule has 0 aromatic heterocycles. The molecule has 3 rings (SSSR count). The van der Waals surface area contributed by atoms with E-state index in [-0.39, 0.29) is 5.04 Å². The van der Waals surface area contributed by atoms with Gasteiger partial charge in [0.15, 0.2) is 8.32 Å². The van der Waals surface area contributed by atoms with Crippen LogP contribution in [-0.4, -0.2) is 8.32 Å². The molecule has 116 valence electrons. The summed E-state index contributed by atoms with van der Waals surface area (Å²) in [6.45, 7) is 15.1. The molecule has 0 aliphatic carbocycles. The van der Waals surface area contributed by atoms with Crippen molar-refractivity contribution in [2.45, 2.75) is 71.9 Å². The first-order valence-corrected chi connectivity index (χ1v) is 10.7. The highest BCUT2D eigenvalue weighted by molar-refractivity contribution is 6.74. The van der Waals surface area contributed by atoms with Gasteiger partial charge in [0.2, 0.25) is 0 Å². The van der Waals surface area contributed by atoms with E-state index in [9.17, 15) is 0 Å². The van der Waals surface area contributed by atoms with Crippen LogP contribution in [0.2, 0.25) is 18.1 Å². The molecule has 0 saturated carbocycles. The van der Waals surface area contributed by atoms with E-state index in [2.05, 4.69) is 39.9 Å². The maximum atomic E-state index is 6.41. The maximum Gasteiger partial charge on any atom is 0.192 e. The molecule has 0 unspecified atom stereocenters. The van der Waals surface area contributed by atoms with Crippen molar-refractivity contribution in [1.82, 2.24) is 0 Å². The summed E-state index contributed by atoms with van der Waals surface area (Å²) in [4.78, 5) is 0. The van der Waals surface area contributed by atoms with Crippen LogP contribution in [0.5, 0.6) is 0 Å². The van der Waals surface area contributed by atoms with E-state index in [0.717, 1.165) is 26.4 Å². The first-order valence-electron chi connectivity index (χ1n) is 7.74. The topological polar surface area (TPSA) is 27.7 Å². The van der Waals surface area contributed by atoms with E-state index in [4.69, 9.17) is 13.9 Å². The molecular weight excluding hydrogens is 280 g/mol. The average Bonchev–Trinajstić information content (AvgIpc) is 3.02. The fraction of sp³-hybridized carbons (Fsp3) is 0.647. The maximum absolute atomic E-state index is 6.41. The van der Waals surface area contributed by atoms with Crippen molar-refractivity contribution in [1.29, 1.82) is 0 Å². The minimum Gasteiger partial charge on any atom is -0.413 e. The Morgan fingerprint density at radius 3 is 2.33 bits per heavy atom. The van der Waals surface area contributed by atoms with Gasteiger partial charge < -0.3 is 13.9 Å². The zero-order chi connectivity index (χ0) is 15.3. The second kappa shape index (κ2) is 5.20.